The Balaban J connectivity index is 1.71. The molecule has 0 spiro atoms. The molecule has 0 radical (unpaired) electrons. The first-order valence-corrected chi connectivity index (χ1v) is 8.97. The van der Waals surface area contributed by atoms with E-state index in [1.165, 1.54) is 16.0 Å². The van der Waals surface area contributed by atoms with Crippen LogP contribution in [0.1, 0.15) is 0 Å². The number of aromatic nitrogens is 3. The molecular formula is C18H12BrN3OS. The van der Waals surface area contributed by atoms with E-state index in [1.54, 1.807) is 6.07 Å². The summed E-state index contributed by atoms with van der Waals surface area (Å²) < 4.78 is 2.50. The summed E-state index contributed by atoms with van der Waals surface area (Å²) >= 11 is 4.86. The summed E-state index contributed by atoms with van der Waals surface area (Å²) in [5, 5.41) is 5.71. The predicted octanol–water partition coefficient (Wildman–Crippen LogP) is 4.72. The number of halogens is 1. The largest absolute Gasteiger partial charge is 0.288 e. The minimum atomic E-state index is -0.120. The van der Waals surface area contributed by atoms with E-state index in [9.17, 15) is 4.79 Å². The molecule has 0 amide bonds. The number of rotatable bonds is 3. The first kappa shape index (κ1) is 15.1. The van der Waals surface area contributed by atoms with Gasteiger partial charge in [-0.2, -0.15) is 4.68 Å². The van der Waals surface area contributed by atoms with E-state index in [4.69, 9.17) is 0 Å². The number of thiazole rings is 1. The van der Waals surface area contributed by atoms with Gasteiger partial charge < -0.3 is 0 Å². The molecule has 4 rings (SSSR count). The maximum absolute atomic E-state index is 12.3. The van der Waals surface area contributed by atoms with Gasteiger partial charge in [0.25, 0.3) is 5.56 Å². The Labute approximate surface area is 150 Å². The second kappa shape index (κ2) is 6.22. The first-order chi connectivity index (χ1) is 11.7. The zero-order chi connectivity index (χ0) is 16.5. The molecule has 2 aromatic carbocycles. The number of hydrogen-bond acceptors (Lipinski definition) is 3. The quantitative estimate of drug-likeness (QED) is 0.543. The van der Waals surface area contributed by atoms with Crippen molar-refractivity contribution in [3.8, 4) is 27.6 Å². The number of nitrogens with one attached hydrogen (secondary N) is 1. The van der Waals surface area contributed by atoms with Gasteiger partial charge in [-0.25, -0.2) is 4.98 Å². The molecule has 2 aromatic heterocycles. The van der Waals surface area contributed by atoms with Gasteiger partial charge in [-0.1, -0.05) is 58.4 Å². The van der Waals surface area contributed by atoms with Crippen molar-refractivity contribution in [2.75, 3.05) is 0 Å². The van der Waals surface area contributed by atoms with Gasteiger partial charge in [0, 0.05) is 21.5 Å². The fourth-order valence-corrected chi connectivity index (χ4v) is 3.49. The predicted molar refractivity (Wildman–Crippen MR) is 101 cm³/mol. The first-order valence-electron chi connectivity index (χ1n) is 7.30. The van der Waals surface area contributed by atoms with E-state index < -0.39 is 0 Å². The van der Waals surface area contributed by atoms with Crippen molar-refractivity contribution < 1.29 is 0 Å². The highest BCUT2D eigenvalue weighted by Gasteiger charge is 2.11. The van der Waals surface area contributed by atoms with Crippen molar-refractivity contribution >= 4 is 27.3 Å². The van der Waals surface area contributed by atoms with Crippen molar-refractivity contribution in [2.45, 2.75) is 0 Å². The van der Waals surface area contributed by atoms with Gasteiger partial charge in [0.05, 0.1) is 11.4 Å². The smallest absolute Gasteiger partial charge is 0.273 e. The summed E-state index contributed by atoms with van der Waals surface area (Å²) in [5.74, 6) is 0. The van der Waals surface area contributed by atoms with Gasteiger partial charge in [-0.05, 0) is 17.7 Å². The Morgan fingerprint density at radius 3 is 2.50 bits per heavy atom. The Morgan fingerprint density at radius 1 is 1.00 bits per heavy atom. The lowest BCUT2D eigenvalue weighted by Gasteiger charge is -1.98. The number of nitrogens with zero attached hydrogens (tertiary/aromatic N) is 2. The molecule has 0 aliphatic carbocycles. The van der Waals surface area contributed by atoms with E-state index in [0.29, 0.717) is 5.13 Å². The topological polar surface area (TPSA) is 50.7 Å². The highest BCUT2D eigenvalue weighted by atomic mass is 79.9. The van der Waals surface area contributed by atoms with Crippen LogP contribution in [0.25, 0.3) is 27.6 Å². The van der Waals surface area contributed by atoms with Crippen LogP contribution < -0.4 is 5.56 Å². The van der Waals surface area contributed by atoms with Crippen LogP contribution in [0.2, 0.25) is 0 Å². The molecule has 2 heterocycles. The monoisotopic (exact) mass is 397 g/mol. The lowest BCUT2D eigenvalue weighted by atomic mass is 10.2. The molecule has 0 aliphatic heterocycles. The number of benzene rings is 2. The summed E-state index contributed by atoms with van der Waals surface area (Å²) in [5.41, 5.74) is 3.50. The molecule has 0 aliphatic rings. The van der Waals surface area contributed by atoms with Gasteiger partial charge in [0.1, 0.15) is 0 Å². The molecule has 1 N–H and O–H groups in total. The van der Waals surface area contributed by atoms with Crippen molar-refractivity contribution in [3.05, 3.63) is 80.9 Å². The standard InChI is InChI=1S/C18H12BrN3OS/c19-14-8-6-13(7-9-14)16-11-24-18(20-16)22-17(23)10-15(21-22)12-4-2-1-3-5-12/h1-11,21H. The third-order valence-corrected chi connectivity index (χ3v) is 4.98. The minimum Gasteiger partial charge on any atom is -0.288 e. The molecule has 0 unspecified atom stereocenters. The lowest BCUT2D eigenvalue weighted by molar-refractivity contribution is 0.843. The van der Waals surface area contributed by atoms with Crippen LogP contribution in [0.4, 0.5) is 0 Å². The molecule has 4 aromatic rings. The van der Waals surface area contributed by atoms with Gasteiger partial charge in [-0.15, -0.1) is 11.3 Å². The summed E-state index contributed by atoms with van der Waals surface area (Å²) in [6.07, 6.45) is 0. The Kier molecular flexibility index (Phi) is 3.92. The van der Waals surface area contributed by atoms with Crippen LogP contribution in [0.3, 0.4) is 0 Å². The van der Waals surface area contributed by atoms with E-state index in [1.807, 2.05) is 60.0 Å². The van der Waals surface area contributed by atoms with Crippen LogP contribution >= 0.6 is 27.3 Å². The third kappa shape index (κ3) is 2.86. The fourth-order valence-electron chi connectivity index (χ4n) is 2.42. The average molecular weight is 398 g/mol. The van der Waals surface area contributed by atoms with Gasteiger partial charge in [0.15, 0.2) is 0 Å². The molecule has 24 heavy (non-hydrogen) atoms. The van der Waals surface area contributed by atoms with E-state index in [-0.39, 0.29) is 5.56 Å². The molecule has 0 saturated carbocycles. The number of hydrogen-bond donors (Lipinski definition) is 1. The molecule has 6 heteroatoms. The minimum absolute atomic E-state index is 0.120. The van der Waals surface area contributed by atoms with Crippen molar-refractivity contribution in [1.29, 1.82) is 0 Å². The van der Waals surface area contributed by atoms with Crippen molar-refractivity contribution in [3.63, 3.8) is 0 Å². The Bertz CT molecular complexity index is 1030. The highest BCUT2D eigenvalue weighted by Crippen LogP contribution is 2.25. The van der Waals surface area contributed by atoms with Crippen LogP contribution in [0.5, 0.6) is 0 Å². The fraction of sp³-hybridized carbons (Fsp3) is 0. The molecule has 0 bridgehead atoms. The Hall–Kier alpha value is -2.44. The summed E-state index contributed by atoms with van der Waals surface area (Å²) in [6, 6.07) is 19.3. The van der Waals surface area contributed by atoms with Crippen LogP contribution in [-0.4, -0.2) is 14.8 Å². The van der Waals surface area contributed by atoms with Crippen LogP contribution in [0, 0.1) is 0 Å². The molecule has 0 atom stereocenters. The second-order valence-corrected chi connectivity index (χ2v) is 6.98. The average Bonchev–Trinajstić information content (AvgIpc) is 3.23. The summed E-state index contributed by atoms with van der Waals surface area (Å²) in [4.78, 5) is 16.9. The Morgan fingerprint density at radius 2 is 1.75 bits per heavy atom. The maximum atomic E-state index is 12.3. The molecule has 0 fully saturated rings. The van der Waals surface area contributed by atoms with E-state index in [0.717, 1.165) is 27.0 Å². The second-order valence-electron chi connectivity index (χ2n) is 5.23. The van der Waals surface area contributed by atoms with E-state index >= 15 is 0 Å². The zero-order valence-electron chi connectivity index (χ0n) is 12.4. The number of H-pyrrole nitrogens is 1. The van der Waals surface area contributed by atoms with Crippen molar-refractivity contribution in [2.24, 2.45) is 0 Å². The molecule has 0 saturated heterocycles. The number of aromatic amines is 1. The SMILES string of the molecule is O=c1cc(-c2ccccc2)[nH]n1-c1nc(-c2ccc(Br)cc2)cs1. The summed E-state index contributed by atoms with van der Waals surface area (Å²) in [6.45, 7) is 0. The normalized spacial score (nSPS) is 10.9. The van der Waals surface area contributed by atoms with Crippen LogP contribution in [-0.2, 0) is 0 Å². The van der Waals surface area contributed by atoms with Gasteiger partial charge in [-0.3, -0.25) is 9.89 Å². The van der Waals surface area contributed by atoms with Crippen molar-refractivity contribution in [1.82, 2.24) is 14.8 Å². The van der Waals surface area contributed by atoms with Gasteiger partial charge >= 0.3 is 0 Å². The summed E-state index contributed by atoms with van der Waals surface area (Å²) in [7, 11) is 0. The zero-order valence-corrected chi connectivity index (χ0v) is 14.8. The van der Waals surface area contributed by atoms with E-state index in [2.05, 4.69) is 26.0 Å². The third-order valence-electron chi connectivity index (χ3n) is 3.63. The maximum Gasteiger partial charge on any atom is 0.273 e. The lowest BCUT2D eigenvalue weighted by Crippen LogP contribution is -2.12. The van der Waals surface area contributed by atoms with Gasteiger partial charge in [0.2, 0.25) is 5.13 Å². The van der Waals surface area contributed by atoms with Crippen LogP contribution in [0.15, 0.2) is 75.3 Å². The highest BCUT2D eigenvalue weighted by molar-refractivity contribution is 9.10. The molecule has 4 nitrogen and oxygen atoms in total. The molecular weight excluding hydrogens is 386 g/mol. The molecule has 118 valence electrons.